The van der Waals surface area contributed by atoms with Crippen molar-refractivity contribution in [2.75, 3.05) is 33.3 Å². The van der Waals surface area contributed by atoms with Crippen molar-refractivity contribution >= 4 is 0 Å². The van der Waals surface area contributed by atoms with Crippen molar-refractivity contribution < 1.29 is 9.84 Å². The van der Waals surface area contributed by atoms with Gasteiger partial charge in [0, 0.05) is 24.7 Å². The first-order valence-corrected chi connectivity index (χ1v) is 7.95. The van der Waals surface area contributed by atoms with Gasteiger partial charge in [0.2, 0.25) is 0 Å². The molecule has 0 aromatic heterocycles. The minimum Gasteiger partial charge on any atom is -0.496 e. The number of aliphatic hydroxyl groups excluding tert-OH is 1. The van der Waals surface area contributed by atoms with Gasteiger partial charge in [0.15, 0.2) is 0 Å². The van der Waals surface area contributed by atoms with Crippen LogP contribution in [0.2, 0.25) is 0 Å². The van der Waals surface area contributed by atoms with E-state index in [0.717, 1.165) is 29.3 Å². The number of benzene rings is 1. The van der Waals surface area contributed by atoms with Crippen molar-refractivity contribution in [3.63, 3.8) is 0 Å². The molecular formula is C17H26N2O2. The average molecular weight is 290 g/mol. The van der Waals surface area contributed by atoms with Crippen LogP contribution in [0.1, 0.15) is 30.1 Å². The summed E-state index contributed by atoms with van der Waals surface area (Å²) >= 11 is 0. The molecule has 1 aromatic carbocycles. The summed E-state index contributed by atoms with van der Waals surface area (Å²) in [5.41, 5.74) is 2.03. The van der Waals surface area contributed by atoms with E-state index < -0.39 is 6.10 Å². The predicted molar refractivity (Wildman–Crippen MR) is 83.6 cm³/mol. The monoisotopic (exact) mass is 290 g/mol. The molecule has 2 N–H and O–H groups in total. The molecule has 3 fully saturated rings. The number of ether oxygens (including phenoxy) is 1. The van der Waals surface area contributed by atoms with Crippen LogP contribution in [0.15, 0.2) is 18.2 Å². The maximum Gasteiger partial charge on any atom is 0.124 e. The van der Waals surface area contributed by atoms with Gasteiger partial charge in [0.05, 0.1) is 13.2 Å². The van der Waals surface area contributed by atoms with E-state index in [0.29, 0.717) is 12.6 Å². The quantitative estimate of drug-likeness (QED) is 0.867. The third kappa shape index (κ3) is 3.23. The van der Waals surface area contributed by atoms with Crippen LogP contribution in [0.4, 0.5) is 0 Å². The molecule has 116 valence electrons. The van der Waals surface area contributed by atoms with Crippen molar-refractivity contribution in [2.45, 2.75) is 31.9 Å². The molecule has 3 aliphatic rings. The highest BCUT2D eigenvalue weighted by atomic mass is 16.5. The number of aryl methyl sites for hydroxylation is 1. The smallest absolute Gasteiger partial charge is 0.124 e. The Bertz CT molecular complexity index is 484. The third-order valence-electron chi connectivity index (χ3n) is 4.97. The molecule has 4 rings (SSSR count). The van der Waals surface area contributed by atoms with Gasteiger partial charge in [-0.15, -0.1) is 0 Å². The fourth-order valence-electron chi connectivity index (χ4n) is 3.68. The van der Waals surface area contributed by atoms with Crippen LogP contribution in [0.3, 0.4) is 0 Å². The first-order valence-electron chi connectivity index (χ1n) is 7.95. The SMILES string of the molecule is COc1ccc(C)cc1C(O)CNC1CN2CCC1CC2. The van der Waals surface area contributed by atoms with Gasteiger partial charge in [0.1, 0.15) is 5.75 Å². The van der Waals surface area contributed by atoms with Gasteiger partial charge in [-0.05, 0) is 50.9 Å². The Morgan fingerprint density at radius 2 is 2.14 bits per heavy atom. The molecule has 3 aliphatic heterocycles. The van der Waals surface area contributed by atoms with Gasteiger partial charge in [-0.3, -0.25) is 0 Å². The molecule has 0 spiro atoms. The number of nitrogens with one attached hydrogen (secondary N) is 1. The van der Waals surface area contributed by atoms with Gasteiger partial charge >= 0.3 is 0 Å². The van der Waals surface area contributed by atoms with Gasteiger partial charge in [0.25, 0.3) is 0 Å². The molecule has 4 heteroatoms. The van der Waals surface area contributed by atoms with E-state index in [1.165, 1.54) is 25.9 Å². The first kappa shape index (κ1) is 14.8. The molecule has 21 heavy (non-hydrogen) atoms. The maximum atomic E-state index is 10.5. The second-order valence-corrected chi connectivity index (χ2v) is 6.41. The van der Waals surface area contributed by atoms with Crippen LogP contribution < -0.4 is 10.1 Å². The van der Waals surface area contributed by atoms with Crippen molar-refractivity contribution in [1.29, 1.82) is 0 Å². The highest BCUT2D eigenvalue weighted by Gasteiger charge is 2.34. The normalized spacial score (nSPS) is 29.4. The topological polar surface area (TPSA) is 44.7 Å². The number of nitrogens with zero attached hydrogens (tertiary/aromatic N) is 1. The molecule has 2 unspecified atom stereocenters. The Morgan fingerprint density at radius 3 is 2.76 bits per heavy atom. The zero-order valence-corrected chi connectivity index (χ0v) is 13.0. The molecule has 4 nitrogen and oxygen atoms in total. The summed E-state index contributed by atoms with van der Waals surface area (Å²) in [7, 11) is 1.65. The van der Waals surface area contributed by atoms with E-state index >= 15 is 0 Å². The second-order valence-electron chi connectivity index (χ2n) is 6.41. The lowest BCUT2D eigenvalue weighted by atomic mass is 9.84. The lowest BCUT2D eigenvalue weighted by molar-refractivity contribution is 0.0633. The van der Waals surface area contributed by atoms with E-state index in [1.807, 2.05) is 25.1 Å². The summed E-state index contributed by atoms with van der Waals surface area (Å²) in [4.78, 5) is 2.53. The van der Waals surface area contributed by atoms with E-state index in [2.05, 4.69) is 10.2 Å². The lowest BCUT2D eigenvalue weighted by Crippen LogP contribution is -2.56. The van der Waals surface area contributed by atoms with Gasteiger partial charge < -0.3 is 20.1 Å². The number of aliphatic hydroxyl groups is 1. The van der Waals surface area contributed by atoms with E-state index in [1.54, 1.807) is 7.11 Å². The predicted octanol–water partition coefficient (Wildman–Crippen LogP) is 1.72. The number of piperidine rings is 3. The van der Waals surface area contributed by atoms with E-state index in [4.69, 9.17) is 4.74 Å². The van der Waals surface area contributed by atoms with Crippen LogP contribution >= 0.6 is 0 Å². The van der Waals surface area contributed by atoms with Gasteiger partial charge in [-0.2, -0.15) is 0 Å². The number of rotatable bonds is 5. The molecule has 0 amide bonds. The number of fused-ring (bicyclic) bond motifs is 3. The molecule has 3 saturated heterocycles. The second kappa shape index (κ2) is 6.34. The maximum absolute atomic E-state index is 10.5. The number of methoxy groups -OCH3 is 1. The summed E-state index contributed by atoms with van der Waals surface area (Å²) < 4.78 is 5.37. The summed E-state index contributed by atoms with van der Waals surface area (Å²) in [5, 5.41) is 14.1. The van der Waals surface area contributed by atoms with Crippen molar-refractivity contribution in [3.05, 3.63) is 29.3 Å². The molecule has 0 saturated carbocycles. The van der Waals surface area contributed by atoms with Crippen LogP contribution in [0.5, 0.6) is 5.75 Å². The Hall–Kier alpha value is -1.10. The van der Waals surface area contributed by atoms with Crippen molar-refractivity contribution in [3.8, 4) is 5.75 Å². The van der Waals surface area contributed by atoms with Gasteiger partial charge in [-0.1, -0.05) is 11.6 Å². The summed E-state index contributed by atoms with van der Waals surface area (Å²) in [6.07, 6.45) is 2.07. The highest BCUT2D eigenvalue weighted by Crippen LogP contribution is 2.29. The third-order valence-corrected chi connectivity index (χ3v) is 4.97. The number of hydrogen-bond acceptors (Lipinski definition) is 4. The first-order chi connectivity index (χ1) is 10.2. The van der Waals surface area contributed by atoms with Crippen LogP contribution in [0, 0.1) is 12.8 Å². The van der Waals surface area contributed by atoms with Crippen molar-refractivity contribution in [1.82, 2.24) is 10.2 Å². The zero-order chi connectivity index (χ0) is 14.8. The van der Waals surface area contributed by atoms with E-state index in [9.17, 15) is 5.11 Å². The fraction of sp³-hybridized carbons (Fsp3) is 0.647. The zero-order valence-electron chi connectivity index (χ0n) is 13.0. The molecule has 0 aliphatic carbocycles. The fourth-order valence-corrected chi connectivity index (χ4v) is 3.68. The summed E-state index contributed by atoms with van der Waals surface area (Å²) in [5.74, 6) is 1.55. The molecule has 0 radical (unpaired) electrons. The van der Waals surface area contributed by atoms with Crippen LogP contribution in [-0.4, -0.2) is 49.3 Å². The molecule has 2 atom stereocenters. The number of hydrogen-bond donors (Lipinski definition) is 2. The Kier molecular flexibility index (Phi) is 4.48. The van der Waals surface area contributed by atoms with Gasteiger partial charge in [-0.25, -0.2) is 0 Å². The molecular weight excluding hydrogens is 264 g/mol. The Balaban J connectivity index is 1.61. The molecule has 3 heterocycles. The standard InChI is InChI=1S/C17H26N2O2/c1-12-3-4-17(21-2)14(9-12)16(20)10-18-15-11-19-7-5-13(15)6-8-19/h3-4,9,13,15-16,18,20H,5-8,10-11H2,1-2H3. The minimum atomic E-state index is -0.518. The molecule has 1 aromatic rings. The van der Waals surface area contributed by atoms with Crippen LogP contribution in [0.25, 0.3) is 0 Å². The molecule has 2 bridgehead atoms. The van der Waals surface area contributed by atoms with Crippen molar-refractivity contribution in [2.24, 2.45) is 5.92 Å². The minimum absolute atomic E-state index is 0.518. The van der Waals surface area contributed by atoms with E-state index in [-0.39, 0.29) is 0 Å². The lowest BCUT2D eigenvalue weighted by Gasteiger charge is -2.45. The largest absolute Gasteiger partial charge is 0.496 e. The summed E-state index contributed by atoms with van der Waals surface area (Å²) in [6, 6.07) is 6.48. The van der Waals surface area contributed by atoms with Crippen LogP contribution in [-0.2, 0) is 0 Å². The Morgan fingerprint density at radius 1 is 1.38 bits per heavy atom. The average Bonchev–Trinajstić information content (AvgIpc) is 2.53. The Labute approximate surface area is 127 Å². The summed E-state index contributed by atoms with van der Waals surface area (Å²) in [6.45, 7) is 6.25. The highest BCUT2D eigenvalue weighted by molar-refractivity contribution is 5.38.